The normalized spacial score (nSPS) is 9.80. The zero-order chi connectivity index (χ0) is 11.5. The molecule has 88 valence electrons. The van der Waals surface area contributed by atoms with Crippen LogP contribution in [0.25, 0.3) is 0 Å². The number of amides is 1. The summed E-state index contributed by atoms with van der Waals surface area (Å²) in [5.41, 5.74) is 1.25. The van der Waals surface area contributed by atoms with E-state index < -0.39 is 0 Å². The third kappa shape index (κ3) is 11.1. The Morgan fingerprint density at radius 2 is 2.13 bits per heavy atom. The van der Waals surface area contributed by atoms with E-state index >= 15 is 0 Å². The molecule has 0 unspecified atom stereocenters. The highest BCUT2D eigenvalue weighted by molar-refractivity contribution is 5.77. The number of nitrogens with one attached hydrogen (secondary N) is 2. The minimum absolute atomic E-state index is 0.0354. The maximum absolute atomic E-state index is 11.2. The largest absolute Gasteiger partial charge is 0.385 e. The molecule has 4 heteroatoms. The van der Waals surface area contributed by atoms with E-state index in [9.17, 15) is 4.79 Å². The molecule has 0 aliphatic heterocycles. The fourth-order valence-electron chi connectivity index (χ4n) is 0.969. The molecule has 0 spiro atoms. The molecule has 0 aromatic carbocycles. The van der Waals surface area contributed by atoms with Gasteiger partial charge in [0.25, 0.3) is 0 Å². The molecule has 2 N–H and O–H groups in total. The Morgan fingerprint density at radius 3 is 2.73 bits per heavy atom. The second kappa shape index (κ2) is 9.68. The Labute approximate surface area is 92.1 Å². The first kappa shape index (κ1) is 14.1. The summed E-state index contributed by atoms with van der Waals surface area (Å²) in [5, 5.41) is 5.84. The molecular formula is C11H22N2O2. The SMILES string of the molecule is COCCCNC(=O)CNCC=C(C)C. The first-order chi connectivity index (χ1) is 7.16. The smallest absolute Gasteiger partial charge is 0.233 e. The Hall–Kier alpha value is -0.870. The molecule has 0 radical (unpaired) electrons. The molecule has 15 heavy (non-hydrogen) atoms. The third-order valence-corrected chi connectivity index (χ3v) is 1.79. The van der Waals surface area contributed by atoms with Gasteiger partial charge in [-0.1, -0.05) is 11.6 Å². The molecule has 0 aromatic rings. The minimum atomic E-state index is 0.0354. The van der Waals surface area contributed by atoms with Gasteiger partial charge in [0.2, 0.25) is 5.91 Å². The van der Waals surface area contributed by atoms with Gasteiger partial charge in [0.1, 0.15) is 0 Å². The van der Waals surface area contributed by atoms with Crippen molar-refractivity contribution in [2.24, 2.45) is 0 Å². The van der Waals surface area contributed by atoms with Gasteiger partial charge in [0.15, 0.2) is 0 Å². The van der Waals surface area contributed by atoms with Crippen LogP contribution in [0.15, 0.2) is 11.6 Å². The molecule has 0 rings (SSSR count). The molecule has 0 saturated heterocycles. The van der Waals surface area contributed by atoms with Crippen molar-refractivity contribution >= 4 is 5.91 Å². The fraction of sp³-hybridized carbons (Fsp3) is 0.727. The molecule has 4 nitrogen and oxygen atoms in total. The highest BCUT2D eigenvalue weighted by Gasteiger charge is 1.97. The van der Waals surface area contributed by atoms with Crippen LogP contribution in [0.4, 0.5) is 0 Å². The number of hydrogen-bond acceptors (Lipinski definition) is 3. The number of rotatable bonds is 8. The zero-order valence-corrected chi connectivity index (χ0v) is 9.93. The maximum Gasteiger partial charge on any atom is 0.233 e. The molecule has 1 amide bonds. The average molecular weight is 214 g/mol. The van der Waals surface area contributed by atoms with E-state index in [0.717, 1.165) is 13.0 Å². The molecule has 0 aliphatic carbocycles. The topological polar surface area (TPSA) is 50.4 Å². The number of methoxy groups -OCH3 is 1. The van der Waals surface area contributed by atoms with Gasteiger partial charge in [-0.2, -0.15) is 0 Å². The second-order valence-corrected chi connectivity index (χ2v) is 3.61. The van der Waals surface area contributed by atoms with Crippen molar-refractivity contribution in [1.29, 1.82) is 0 Å². The third-order valence-electron chi connectivity index (χ3n) is 1.79. The molecule has 0 atom stereocenters. The van der Waals surface area contributed by atoms with Gasteiger partial charge in [0, 0.05) is 26.8 Å². The quantitative estimate of drug-likeness (QED) is 0.462. The minimum Gasteiger partial charge on any atom is -0.385 e. The van der Waals surface area contributed by atoms with Gasteiger partial charge in [-0.3, -0.25) is 4.79 Å². The van der Waals surface area contributed by atoms with Crippen molar-refractivity contribution < 1.29 is 9.53 Å². The summed E-state index contributed by atoms with van der Waals surface area (Å²) in [6.07, 6.45) is 2.91. The van der Waals surface area contributed by atoms with Gasteiger partial charge in [0.05, 0.1) is 6.54 Å². The van der Waals surface area contributed by atoms with Crippen LogP contribution in [0.3, 0.4) is 0 Å². The molecule has 0 bridgehead atoms. The van der Waals surface area contributed by atoms with Crippen molar-refractivity contribution in [3.63, 3.8) is 0 Å². The van der Waals surface area contributed by atoms with Crippen molar-refractivity contribution in [2.45, 2.75) is 20.3 Å². The fourth-order valence-corrected chi connectivity index (χ4v) is 0.969. The van der Waals surface area contributed by atoms with E-state index in [0.29, 0.717) is 19.7 Å². The van der Waals surface area contributed by atoms with Crippen molar-refractivity contribution in [3.8, 4) is 0 Å². The van der Waals surface area contributed by atoms with E-state index in [-0.39, 0.29) is 5.91 Å². The zero-order valence-electron chi connectivity index (χ0n) is 9.93. The predicted octanol–water partition coefficient (Wildman–Crippen LogP) is 0.695. The van der Waals surface area contributed by atoms with Crippen LogP contribution in [0, 0.1) is 0 Å². The van der Waals surface area contributed by atoms with Crippen molar-refractivity contribution in [2.75, 3.05) is 33.4 Å². The average Bonchev–Trinajstić information content (AvgIpc) is 2.19. The lowest BCUT2D eigenvalue weighted by Crippen LogP contribution is -2.34. The number of carbonyl (C=O) groups is 1. The lowest BCUT2D eigenvalue weighted by molar-refractivity contribution is -0.120. The summed E-state index contributed by atoms with van der Waals surface area (Å²) in [5.74, 6) is 0.0354. The monoisotopic (exact) mass is 214 g/mol. The molecule has 0 saturated carbocycles. The summed E-state index contributed by atoms with van der Waals surface area (Å²) >= 11 is 0. The van der Waals surface area contributed by atoms with Crippen LogP contribution in [0.2, 0.25) is 0 Å². The highest BCUT2D eigenvalue weighted by Crippen LogP contribution is 1.84. The Bertz CT molecular complexity index is 199. The standard InChI is InChI=1S/C11H22N2O2/c1-10(2)5-7-12-9-11(14)13-6-4-8-15-3/h5,12H,4,6-9H2,1-3H3,(H,13,14). The summed E-state index contributed by atoms with van der Waals surface area (Å²) in [6.45, 7) is 6.55. The van der Waals surface area contributed by atoms with E-state index in [1.54, 1.807) is 7.11 Å². The van der Waals surface area contributed by atoms with Crippen LogP contribution < -0.4 is 10.6 Å². The van der Waals surface area contributed by atoms with Crippen LogP contribution in [-0.4, -0.2) is 39.3 Å². The Morgan fingerprint density at radius 1 is 1.40 bits per heavy atom. The van der Waals surface area contributed by atoms with E-state index in [2.05, 4.69) is 16.7 Å². The highest BCUT2D eigenvalue weighted by atomic mass is 16.5. The molecule has 0 aliphatic rings. The van der Waals surface area contributed by atoms with Gasteiger partial charge < -0.3 is 15.4 Å². The maximum atomic E-state index is 11.2. The van der Waals surface area contributed by atoms with Gasteiger partial charge in [-0.05, 0) is 20.3 Å². The Balaban J connectivity index is 3.30. The first-order valence-corrected chi connectivity index (χ1v) is 5.26. The van der Waals surface area contributed by atoms with Gasteiger partial charge in [-0.15, -0.1) is 0 Å². The Kier molecular flexibility index (Phi) is 9.11. The predicted molar refractivity (Wildman–Crippen MR) is 61.8 cm³/mol. The summed E-state index contributed by atoms with van der Waals surface area (Å²) in [7, 11) is 1.66. The molecule has 0 aromatic heterocycles. The van der Waals surface area contributed by atoms with Crippen molar-refractivity contribution in [3.05, 3.63) is 11.6 Å². The first-order valence-electron chi connectivity index (χ1n) is 5.26. The van der Waals surface area contributed by atoms with E-state index in [1.165, 1.54) is 5.57 Å². The molecule has 0 heterocycles. The number of allylic oxidation sites excluding steroid dienone is 1. The summed E-state index contributed by atoms with van der Waals surface area (Å²) < 4.78 is 4.87. The lowest BCUT2D eigenvalue weighted by Gasteiger charge is -2.05. The number of ether oxygens (including phenoxy) is 1. The molecular weight excluding hydrogens is 192 g/mol. The summed E-state index contributed by atoms with van der Waals surface area (Å²) in [6, 6.07) is 0. The van der Waals surface area contributed by atoms with E-state index in [4.69, 9.17) is 4.74 Å². The van der Waals surface area contributed by atoms with Crippen LogP contribution >= 0.6 is 0 Å². The lowest BCUT2D eigenvalue weighted by atomic mass is 10.3. The number of hydrogen-bond donors (Lipinski definition) is 2. The van der Waals surface area contributed by atoms with Crippen LogP contribution in [0.5, 0.6) is 0 Å². The van der Waals surface area contributed by atoms with Gasteiger partial charge in [-0.25, -0.2) is 0 Å². The van der Waals surface area contributed by atoms with Crippen LogP contribution in [0.1, 0.15) is 20.3 Å². The molecule has 0 fully saturated rings. The number of carbonyl (C=O) groups excluding carboxylic acids is 1. The van der Waals surface area contributed by atoms with Crippen LogP contribution in [-0.2, 0) is 9.53 Å². The van der Waals surface area contributed by atoms with Crippen molar-refractivity contribution in [1.82, 2.24) is 10.6 Å². The van der Waals surface area contributed by atoms with Gasteiger partial charge >= 0.3 is 0 Å². The second-order valence-electron chi connectivity index (χ2n) is 3.61. The summed E-state index contributed by atoms with van der Waals surface area (Å²) in [4.78, 5) is 11.2. The van der Waals surface area contributed by atoms with E-state index in [1.807, 2.05) is 13.8 Å².